The van der Waals surface area contributed by atoms with Gasteiger partial charge < -0.3 is 15.2 Å². The van der Waals surface area contributed by atoms with E-state index < -0.39 is 5.60 Å². The highest BCUT2D eigenvalue weighted by atomic mass is 16.5. The molecule has 0 aromatic rings. The molecular formula is C11H19NO3. The number of nitrogens with one attached hydrogen (secondary N) is 1. The van der Waals surface area contributed by atoms with E-state index in [0.717, 1.165) is 0 Å². The second kappa shape index (κ2) is 4.49. The average Bonchev–Trinajstić information content (AvgIpc) is 2.57. The molecule has 1 saturated heterocycles. The molecule has 0 aromatic carbocycles. The van der Waals surface area contributed by atoms with Gasteiger partial charge in [0.1, 0.15) is 5.60 Å². The van der Waals surface area contributed by atoms with Crippen molar-refractivity contribution in [2.45, 2.75) is 37.7 Å². The molecule has 0 aromatic heterocycles. The highest BCUT2D eigenvalue weighted by Crippen LogP contribution is 2.29. The van der Waals surface area contributed by atoms with Crippen molar-refractivity contribution < 1.29 is 14.6 Å². The molecule has 0 spiro atoms. The van der Waals surface area contributed by atoms with Crippen molar-refractivity contribution in [1.29, 1.82) is 0 Å². The fourth-order valence-electron chi connectivity index (χ4n) is 2.03. The van der Waals surface area contributed by atoms with Crippen LogP contribution in [0.4, 0.5) is 0 Å². The standard InChI is InChI=1S/C11H19NO3/c13-10(6-9-2-1-3-9)12-7-11(14)4-5-15-8-11/h9,14H,1-8H2,(H,12,13). The Kier molecular flexibility index (Phi) is 3.26. The van der Waals surface area contributed by atoms with Gasteiger partial charge in [0.15, 0.2) is 0 Å². The molecule has 2 N–H and O–H groups in total. The van der Waals surface area contributed by atoms with Gasteiger partial charge in [-0.3, -0.25) is 4.79 Å². The summed E-state index contributed by atoms with van der Waals surface area (Å²) in [5, 5.41) is 12.7. The van der Waals surface area contributed by atoms with Crippen LogP contribution in [0, 0.1) is 5.92 Å². The molecule has 4 heteroatoms. The molecule has 2 aliphatic rings. The smallest absolute Gasteiger partial charge is 0.220 e. The maximum atomic E-state index is 11.5. The Morgan fingerprint density at radius 2 is 2.33 bits per heavy atom. The molecule has 1 aliphatic heterocycles. The fraction of sp³-hybridized carbons (Fsp3) is 0.909. The van der Waals surface area contributed by atoms with Crippen LogP contribution >= 0.6 is 0 Å². The highest BCUT2D eigenvalue weighted by Gasteiger charge is 2.32. The molecule has 4 nitrogen and oxygen atoms in total. The first-order chi connectivity index (χ1) is 7.18. The molecule has 1 unspecified atom stereocenters. The van der Waals surface area contributed by atoms with E-state index in [1.165, 1.54) is 19.3 Å². The minimum atomic E-state index is -0.824. The van der Waals surface area contributed by atoms with Crippen LogP contribution in [0.25, 0.3) is 0 Å². The van der Waals surface area contributed by atoms with Crippen LogP contribution in [0.3, 0.4) is 0 Å². The third-order valence-corrected chi connectivity index (χ3v) is 3.40. The predicted molar refractivity (Wildman–Crippen MR) is 55.4 cm³/mol. The zero-order chi connectivity index (χ0) is 10.7. The normalized spacial score (nSPS) is 31.3. The number of hydrogen-bond acceptors (Lipinski definition) is 3. The number of ether oxygens (including phenoxy) is 1. The van der Waals surface area contributed by atoms with Crippen molar-refractivity contribution >= 4 is 5.91 Å². The van der Waals surface area contributed by atoms with Gasteiger partial charge in [0.05, 0.1) is 6.61 Å². The number of carbonyl (C=O) groups is 1. The van der Waals surface area contributed by atoms with Crippen molar-refractivity contribution in [3.8, 4) is 0 Å². The summed E-state index contributed by atoms with van der Waals surface area (Å²) in [6, 6.07) is 0. The van der Waals surface area contributed by atoms with Crippen LogP contribution in [-0.4, -0.2) is 36.4 Å². The second-order valence-electron chi connectivity index (χ2n) is 4.80. The lowest BCUT2D eigenvalue weighted by atomic mass is 9.83. The zero-order valence-electron chi connectivity index (χ0n) is 9.00. The van der Waals surface area contributed by atoms with Crippen LogP contribution in [-0.2, 0) is 9.53 Å². The Balaban J connectivity index is 1.65. The molecule has 1 atom stereocenters. The average molecular weight is 213 g/mol. The van der Waals surface area contributed by atoms with Gasteiger partial charge in [0.2, 0.25) is 5.91 Å². The summed E-state index contributed by atoms with van der Waals surface area (Å²) >= 11 is 0. The minimum Gasteiger partial charge on any atom is -0.386 e. The molecule has 1 aliphatic carbocycles. The van der Waals surface area contributed by atoms with Crippen molar-refractivity contribution in [2.75, 3.05) is 19.8 Å². The number of hydrogen-bond donors (Lipinski definition) is 2. The topological polar surface area (TPSA) is 58.6 Å². The van der Waals surface area contributed by atoms with Gasteiger partial charge in [-0.25, -0.2) is 0 Å². The lowest BCUT2D eigenvalue weighted by molar-refractivity contribution is -0.123. The maximum absolute atomic E-state index is 11.5. The van der Waals surface area contributed by atoms with E-state index in [1.807, 2.05) is 0 Å². The molecule has 1 amide bonds. The molecule has 0 bridgehead atoms. The van der Waals surface area contributed by atoms with Gasteiger partial charge in [-0.15, -0.1) is 0 Å². The maximum Gasteiger partial charge on any atom is 0.220 e. The lowest BCUT2D eigenvalue weighted by Gasteiger charge is -2.26. The van der Waals surface area contributed by atoms with Gasteiger partial charge in [-0.05, 0) is 18.8 Å². The van der Waals surface area contributed by atoms with E-state index in [-0.39, 0.29) is 5.91 Å². The summed E-state index contributed by atoms with van der Waals surface area (Å²) in [5.74, 6) is 0.652. The van der Waals surface area contributed by atoms with Crippen molar-refractivity contribution in [3.63, 3.8) is 0 Å². The molecule has 2 rings (SSSR count). The molecular weight excluding hydrogens is 194 g/mol. The molecule has 2 fully saturated rings. The van der Waals surface area contributed by atoms with Crippen LogP contribution in [0.2, 0.25) is 0 Å². The molecule has 0 radical (unpaired) electrons. The van der Waals surface area contributed by atoms with E-state index in [1.54, 1.807) is 0 Å². The zero-order valence-corrected chi connectivity index (χ0v) is 9.00. The largest absolute Gasteiger partial charge is 0.386 e. The van der Waals surface area contributed by atoms with E-state index in [9.17, 15) is 9.90 Å². The monoisotopic (exact) mass is 213 g/mol. The first-order valence-electron chi connectivity index (χ1n) is 5.75. The van der Waals surface area contributed by atoms with Gasteiger partial charge in [-0.1, -0.05) is 6.42 Å². The minimum absolute atomic E-state index is 0.0695. The van der Waals surface area contributed by atoms with E-state index in [2.05, 4.69) is 5.32 Å². The van der Waals surface area contributed by atoms with Gasteiger partial charge in [0.25, 0.3) is 0 Å². The molecule has 1 heterocycles. The Morgan fingerprint density at radius 3 is 2.87 bits per heavy atom. The fourth-order valence-corrected chi connectivity index (χ4v) is 2.03. The number of rotatable bonds is 4. The Morgan fingerprint density at radius 1 is 1.53 bits per heavy atom. The second-order valence-corrected chi connectivity index (χ2v) is 4.80. The Labute approximate surface area is 90.0 Å². The molecule has 1 saturated carbocycles. The van der Waals surface area contributed by atoms with Crippen molar-refractivity contribution in [1.82, 2.24) is 5.32 Å². The third-order valence-electron chi connectivity index (χ3n) is 3.40. The highest BCUT2D eigenvalue weighted by molar-refractivity contribution is 5.76. The van der Waals surface area contributed by atoms with E-state index in [4.69, 9.17) is 4.74 Å². The first-order valence-corrected chi connectivity index (χ1v) is 5.75. The summed E-state index contributed by atoms with van der Waals surface area (Å²) in [5.41, 5.74) is -0.824. The lowest BCUT2D eigenvalue weighted by Crippen LogP contribution is -2.43. The first kappa shape index (κ1) is 10.9. The van der Waals surface area contributed by atoms with Gasteiger partial charge >= 0.3 is 0 Å². The van der Waals surface area contributed by atoms with Crippen LogP contribution in [0.15, 0.2) is 0 Å². The molecule has 15 heavy (non-hydrogen) atoms. The SMILES string of the molecule is O=C(CC1CCC1)NCC1(O)CCOC1. The third kappa shape index (κ3) is 2.92. The number of carbonyl (C=O) groups excluding carboxylic acids is 1. The van der Waals surface area contributed by atoms with Crippen LogP contribution < -0.4 is 5.32 Å². The van der Waals surface area contributed by atoms with E-state index >= 15 is 0 Å². The number of amides is 1. The Bertz CT molecular complexity index is 232. The van der Waals surface area contributed by atoms with Crippen molar-refractivity contribution in [2.24, 2.45) is 5.92 Å². The summed E-state index contributed by atoms with van der Waals surface area (Å²) < 4.78 is 5.10. The Hall–Kier alpha value is -0.610. The summed E-state index contributed by atoms with van der Waals surface area (Å²) in [6.45, 7) is 1.27. The molecule has 86 valence electrons. The quantitative estimate of drug-likeness (QED) is 0.712. The van der Waals surface area contributed by atoms with Gasteiger partial charge in [-0.2, -0.15) is 0 Å². The van der Waals surface area contributed by atoms with Crippen molar-refractivity contribution in [3.05, 3.63) is 0 Å². The predicted octanol–water partition coefficient (Wildman–Crippen LogP) is 0.444. The van der Waals surface area contributed by atoms with Crippen LogP contribution in [0.1, 0.15) is 32.1 Å². The summed E-state index contributed by atoms with van der Waals surface area (Å²) in [4.78, 5) is 11.5. The van der Waals surface area contributed by atoms with Gasteiger partial charge in [0, 0.05) is 26.0 Å². The summed E-state index contributed by atoms with van der Waals surface area (Å²) in [6.07, 6.45) is 4.87. The number of aliphatic hydroxyl groups is 1. The van der Waals surface area contributed by atoms with Crippen LogP contribution in [0.5, 0.6) is 0 Å². The van der Waals surface area contributed by atoms with E-state index in [0.29, 0.717) is 38.5 Å². The summed E-state index contributed by atoms with van der Waals surface area (Å²) in [7, 11) is 0.